The van der Waals surface area contributed by atoms with E-state index in [2.05, 4.69) is 32.5 Å². The van der Waals surface area contributed by atoms with Gasteiger partial charge in [0.25, 0.3) is 5.91 Å². The Kier molecular flexibility index (Phi) is 8.62. The second kappa shape index (κ2) is 12.3. The van der Waals surface area contributed by atoms with E-state index in [1.54, 1.807) is 24.4 Å². The molecule has 0 bridgehead atoms. The number of imidazole rings is 1. The smallest absolute Gasteiger partial charge is 0.337 e. The number of nitrogens with zero attached hydrogens (tertiary/aromatic N) is 7. The van der Waals surface area contributed by atoms with Crippen molar-refractivity contribution in [3.05, 3.63) is 64.6 Å². The molecule has 1 N–H and O–H groups in total. The molecule has 1 fully saturated rings. The lowest BCUT2D eigenvalue weighted by Crippen LogP contribution is -2.33. The van der Waals surface area contributed by atoms with Gasteiger partial charge in [-0.3, -0.25) is 14.6 Å². The van der Waals surface area contributed by atoms with Crippen LogP contribution in [-0.2, 0) is 29.0 Å². The van der Waals surface area contributed by atoms with Gasteiger partial charge in [0.1, 0.15) is 11.5 Å². The zero-order valence-corrected chi connectivity index (χ0v) is 21.9. The third-order valence-electron chi connectivity index (χ3n) is 6.36. The summed E-state index contributed by atoms with van der Waals surface area (Å²) in [7, 11) is 1.35. The van der Waals surface area contributed by atoms with E-state index in [4.69, 9.17) is 4.74 Å². The summed E-state index contributed by atoms with van der Waals surface area (Å²) in [4.78, 5) is 45.7. The summed E-state index contributed by atoms with van der Waals surface area (Å²) < 4.78 is 6.83. The fourth-order valence-corrected chi connectivity index (χ4v) is 4.23. The number of carbonyl (C=O) groups is 3. The molecular formula is C26H32N8O4. The molecule has 2 aromatic heterocycles. The lowest BCUT2D eigenvalue weighted by atomic mass is 10.1. The topological polar surface area (TPSA) is 139 Å². The van der Waals surface area contributed by atoms with Crippen LogP contribution in [0.5, 0.6) is 0 Å². The van der Waals surface area contributed by atoms with Crippen LogP contribution in [0.4, 0.5) is 4.79 Å². The number of unbranched alkanes of at least 4 members (excludes halogenated alkanes) is 2. The number of hydrogen-bond acceptors (Lipinski definition) is 8. The Morgan fingerprint density at radius 3 is 2.47 bits per heavy atom. The number of esters is 1. The molecular weight excluding hydrogens is 488 g/mol. The first-order chi connectivity index (χ1) is 18.5. The van der Waals surface area contributed by atoms with Crippen molar-refractivity contribution in [1.29, 1.82) is 0 Å². The number of methoxy groups -OCH3 is 1. The van der Waals surface area contributed by atoms with Gasteiger partial charge in [-0.25, -0.2) is 14.6 Å². The van der Waals surface area contributed by atoms with Gasteiger partial charge in [0.2, 0.25) is 0 Å². The Hall–Kier alpha value is -4.35. The van der Waals surface area contributed by atoms with Crippen LogP contribution in [0.15, 0.2) is 36.2 Å². The van der Waals surface area contributed by atoms with Crippen LogP contribution in [0.25, 0.3) is 6.08 Å². The van der Waals surface area contributed by atoms with E-state index < -0.39 is 12.0 Å². The summed E-state index contributed by atoms with van der Waals surface area (Å²) >= 11 is 0. The number of aromatic nitrogens is 6. The lowest BCUT2D eigenvalue weighted by Gasteiger charge is -2.15. The number of ether oxygens (including phenoxy) is 1. The molecule has 3 aromatic rings. The largest absolute Gasteiger partial charge is 0.465 e. The highest BCUT2D eigenvalue weighted by Crippen LogP contribution is 2.26. The monoisotopic (exact) mass is 520 g/mol. The number of urea groups is 1. The van der Waals surface area contributed by atoms with Crippen molar-refractivity contribution in [2.45, 2.75) is 59.0 Å². The zero-order valence-electron chi connectivity index (χ0n) is 21.9. The van der Waals surface area contributed by atoms with Crippen molar-refractivity contribution >= 4 is 24.0 Å². The predicted octanol–water partition coefficient (Wildman–Crippen LogP) is 3.18. The zero-order chi connectivity index (χ0) is 27.1. The molecule has 0 unspecified atom stereocenters. The SMILES string of the molecule is CCCCc1ncc(/C=C2/C(=O)N(CCCC)C(=O)N2Cc2nn[nH]n2)n1Cc1ccc(C(=O)OC)cc1. The van der Waals surface area contributed by atoms with E-state index in [1.807, 2.05) is 23.6 Å². The molecule has 1 aliphatic rings. The van der Waals surface area contributed by atoms with E-state index in [9.17, 15) is 14.4 Å². The van der Waals surface area contributed by atoms with Crippen molar-refractivity contribution in [3.63, 3.8) is 0 Å². The van der Waals surface area contributed by atoms with Gasteiger partial charge in [-0.1, -0.05) is 44.0 Å². The van der Waals surface area contributed by atoms with Crippen LogP contribution in [0, 0.1) is 0 Å². The number of tetrazole rings is 1. The number of H-pyrrole nitrogens is 1. The van der Waals surface area contributed by atoms with Crippen LogP contribution in [0.2, 0.25) is 0 Å². The Labute approximate surface area is 220 Å². The van der Waals surface area contributed by atoms with Crippen molar-refractivity contribution in [3.8, 4) is 0 Å². The number of imide groups is 1. The van der Waals surface area contributed by atoms with Gasteiger partial charge in [0, 0.05) is 19.5 Å². The summed E-state index contributed by atoms with van der Waals surface area (Å²) in [6, 6.07) is 6.77. The van der Waals surface area contributed by atoms with E-state index in [0.29, 0.717) is 36.6 Å². The van der Waals surface area contributed by atoms with E-state index in [0.717, 1.165) is 37.1 Å². The van der Waals surface area contributed by atoms with Gasteiger partial charge in [-0.2, -0.15) is 5.21 Å². The van der Waals surface area contributed by atoms with Crippen molar-refractivity contribution in [2.24, 2.45) is 0 Å². The lowest BCUT2D eigenvalue weighted by molar-refractivity contribution is -0.123. The summed E-state index contributed by atoms with van der Waals surface area (Å²) in [5.41, 5.74) is 2.35. The molecule has 4 rings (SSSR count). The number of aryl methyl sites for hydroxylation is 1. The van der Waals surface area contributed by atoms with Gasteiger partial charge in [0.05, 0.1) is 31.1 Å². The van der Waals surface area contributed by atoms with Crippen LogP contribution in [0.1, 0.15) is 72.8 Å². The maximum atomic E-state index is 13.4. The highest BCUT2D eigenvalue weighted by Gasteiger charge is 2.41. The van der Waals surface area contributed by atoms with Gasteiger partial charge in [-0.05, 0) is 36.6 Å². The molecule has 12 nitrogen and oxygen atoms in total. The first-order valence-electron chi connectivity index (χ1n) is 12.8. The third-order valence-corrected chi connectivity index (χ3v) is 6.36. The maximum Gasteiger partial charge on any atom is 0.337 e. The Morgan fingerprint density at radius 1 is 1.05 bits per heavy atom. The maximum absolute atomic E-state index is 13.4. The van der Waals surface area contributed by atoms with Crippen molar-refractivity contribution < 1.29 is 19.1 Å². The highest BCUT2D eigenvalue weighted by molar-refractivity contribution is 6.13. The quantitative estimate of drug-likeness (QED) is 0.218. The normalized spacial score (nSPS) is 14.7. The van der Waals surface area contributed by atoms with E-state index in [-0.39, 0.29) is 18.1 Å². The average molecular weight is 521 g/mol. The molecule has 1 aromatic carbocycles. The second-order valence-corrected chi connectivity index (χ2v) is 9.01. The molecule has 0 radical (unpaired) electrons. The van der Waals surface area contributed by atoms with Crippen LogP contribution in [0.3, 0.4) is 0 Å². The highest BCUT2D eigenvalue weighted by atomic mass is 16.5. The van der Waals surface area contributed by atoms with E-state index >= 15 is 0 Å². The summed E-state index contributed by atoms with van der Waals surface area (Å²) in [5.74, 6) is 0.418. The number of aromatic amines is 1. The average Bonchev–Trinajstić information content (AvgIpc) is 3.63. The second-order valence-electron chi connectivity index (χ2n) is 9.01. The fourth-order valence-electron chi connectivity index (χ4n) is 4.23. The molecule has 3 heterocycles. The molecule has 0 saturated carbocycles. The van der Waals surface area contributed by atoms with Gasteiger partial charge in [0.15, 0.2) is 5.82 Å². The number of nitrogens with one attached hydrogen (secondary N) is 1. The number of hydrogen-bond donors (Lipinski definition) is 1. The molecule has 200 valence electrons. The minimum atomic E-state index is -0.407. The molecule has 12 heteroatoms. The first-order valence-corrected chi connectivity index (χ1v) is 12.8. The summed E-state index contributed by atoms with van der Waals surface area (Å²) in [6.07, 6.45) is 7.72. The minimum absolute atomic E-state index is 0.0152. The molecule has 0 atom stereocenters. The molecule has 0 aliphatic carbocycles. The van der Waals surface area contributed by atoms with E-state index in [1.165, 1.54) is 16.9 Å². The molecule has 1 saturated heterocycles. The van der Waals surface area contributed by atoms with Crippen molar-refractivity contribution in [1.82, 2.24) is 40.0 Å². The standard InChI is InChI=1S/C26H32N8O4/c1-4-6-8-23-27-15-20(33(23)16-18-9-11-19(12-10-18)25(36)38-3)14-21-24(35)32(13-7-5-2)26(37)34(21)17-22-28-30-31-29-22/h9-12,14-15H,4-8,13,16-17H2,1-3H3,(H,28,29,30,31)/b21-14-. The molecule has 1 aliphatic heterocycles. The fraction of sp³-hybridized carbons (Fsp3) is 0.423. The first kappa shape index (κ1) is 26.7. The van der Waals surface area contributed by atoms with Crippen molar-refractivity contribution in [2.75, 3.05) is 13.7 Å². The number of rotatable bonds is 12. The molecule has 3 amide bonds. The van der Waals surface area contributed by atoms with Gasteiger partial charge in [-0.15, -0.1) is 10.2 Å². The number of carbonyl (C=O) groups excluding carboxylic acids is 3. The summed E-state index contributed by atoms with van der Waals surface area (Å²) in [5, 5.41) is 13.9. The predicted molar refractivity (Wildman–Crippen MR) is 137 cm³/mol. The molecule has 0 spiro atoms. The molecule has 38 heavy (non-hydrogen) atoms. The Balaban J connectivity index is 1.70. The number of amides is 3. The summed E-state index contributed by atoms with van der Waals surface area (Å²) in [6.45, 7) is 4.95. The van der Waals surface area contributed by atoms with Gasteiger partial charge < -0.3 is 9.30 Å². The Bertz CT molecular complexity index is 1300. The number of benzene rings is 1. The minimum Gasteiger partial charge on any atom is -0.465 e. The Morgan fingerprint density at radius 2 is 1.82 bits per heavy atom. The van der Waals surface area contributed by atoms with Crippen LogP contribution < -0.4 is 0 Å². The van der Waals surface area contributed by atoms with Crippen LogP contribution in [-0.4, -0.2) is 71.5 Å². The van der Waals surface area contributed by atoms with Crippen LogP contribution >= 0.6 is 0 Å². The third kappa shape index (κ3) is 5.79. The van der Waals surface area contributed by atoms with Gasteiger partial charge >= 0.3 is 12.0 Å².